The number of nitrogens with one attached hydrogen (secondary N) is 2. The van der Waals surface area contributed by atoms with E-state index >= 15 is 0 Å². The first-order chi connectivity index (χ1) is 10.5. The van der Waals surface area contributed by atoms with Crippen LogP contribution in [0.4, 0.5) is 5.69 Å². The number of amides is 1. The molecule has 6 heteroatoms. The smallest absolute Gasteiger partial charge is 0.222 e. The van der Waals surface area contributed by atoms with Gasteiger partial charge in [0.15, 0.2) is 0 Å². The van der Waals surface area contributed by atoms with Crippen molar-refractivity contribution in [3.8, 4) is 0 Å². The maximum absolute atomic E-state index is 11.8. The van der Waals surface area contributed by atoms with E-state index in [2.05, 4.69) is 10.6 Å². The first-order valence-electron chi connectivity index (χ1n) is 6.74. The van der Waals surface area contributed by atoms with Crippen LogP contribution in [0.1, 0.15) is 12.0 Å². The minimum Gasteiger partial charge on any atom is -0.383 e. The van der Waals surface area contributed by atoms with Crippen LogP contribution in [0, 0.1) is 0 Å². The summed E-state index contributed by atoms with van der Waals surface area (Å²) in [6, 6.07) is 12.5. The number of carbonyl (C=O) groups excluding carboxylic acids is 1. The molecule has 0 aliphatic rings. The normalized spacial score (nSPS) is 10.3. The maximum atomic E-state index is 11.8. The quantitative estimate of drug-likeness (QED) is 0.782. The predicted molar refractivity (Wildman–Crippen MR) is 92.9 cm³/mol. The molecular formula is C16H15Cl3N2O. The van der Waals surface area contributed by atoms with E-state index in [-0.39, 0.29) is 5.91 Å². The van der Waals surface area contributed by atoms with Gasteiger partial charge in [-0.25, -0.2) is 0 Å². The molecule has 2 aromatic rings. The van der Waals surface area contributed by atoms with Gasteiger partial charge in [0.25, 0.3) is 0 Å². The number of benzene rings is 2. The summed E-state index contributed by atoms with van der Waals surface area (Å²) in [7, 11) is 0. The van der Waals surface area contributed by atoms with Crippen molar-refractivity contribution in [1.82, 2.24) is 5.32 Å². The number of rotatable bonds is 6. The zero-order valence-electron chi connectivity index (χ0n) is 11.7. The third kappa shape index (κ3) is 5.41. The number of anilines is 1. The highest BCUT2D eigenvalue weighted by atomic mass is 35.5. The highest BCUT2D eigenvalue weighted by Crippen LogP contribution is 2.25. The van der Waals surface area contributed by atoms with E-state index in [0.29, 0.717) is 34.6 Å². The first kappa shape index (κ1) is 16.9. The van der Waals surface area contributed by atoms with Crippen LogP contribution in [-0.2, 0) is 11.3 Å². The Labute approximate surface area is 144 Å². The van der Waals surface area contributed by atoms with Gasteiger partial charge in [-0.05, 0) is 35.9 Å². The average Bonchev–Trinajstić information content (AvgIpc) is 2.50. The molecule has 0 unspecified atom stereocenters. The number of hydrogen-bond acceptors (Lipinski definition) is 2. The summed E-state index contributed by atoms with van der Waals surface area (Å²) in [6.07, 6.45) is 0.344. The van der Waals surface area contributed by atoms with Crippen molar-refractivity contribution in [2.45, 2.75) is 13.0 Å². The number of carbonyl (C=O) groups is 1. The van der Waals surface area contributed by atoms with E-state index < -0.39 is 0 Å². The molecule has 3 nitrogen and oxygen atoms in total. The summed E-state index contributed by atoms with van der Waals surface area (Å²) in [5, 5.41) is 7.80. The zero-order valence-corrected chi connectivity index (χ0v) is 14.0. The van der Waals surface area contributed by atoms with Crippen molar-refractivity contribution in [2.75, 3.05) is 11.9 Å². The second-order valence-corrected chi connectivity index (χ2v) is 5.98. The lowest BCUT2D eigenvalue weighted by molar-refractivity contribution is -0.121. The molecule has 0 aliphatic carbocycles. The minimum atomic E-state index is -0.0411. The van der Waals surface area contributed by atoms with Gasteiger partial charge in [0, 0.05) is 29.6 Å². The summed E-state index contributed by atoms with van der Waals surface area (Å²) >= 11 is 17.7. The fourth-order valence-corrected chi connectivity index (χ4v) is 2.32. The Balaban J connectivity index is 1.73. The van der Waals surface area contributed by atoms with Crippen LogP contribution in [0.15, 0.2) is 42.5 Å². The van der Waals surface area contributed by atoms with E-state index in [1.165, 1.54) is 0 Å². The standard InChI is InChI=1S/C16H15Cl3N2O/c17-12-3-1-11(2-4-12)10-21-16(22)7-8-20-15-9-13(18)5-6-14(15)19/h1-6,9,20H,7-8,10H2,(H,21,22). The number of hydrogen-bond donors (Lipinski definition) is 2. The summed E-state index contributed by atoms with van der Waals surface area (Å²) in [5.74, 6) is -0.0411. The second kappa shape index (κ2) is 8.28. The van der Waals surface area contributed by atoms with Gasteiger partial charge < -0.3 is 10.6 Å². The van der Waals surface area contributed by atoms with Crippen molar-refractivity contribution in [1.29, 1.82) is 0 Å². The lowest BCUT2D eigenvalue weighted by Gasteiger charge is -2.09. The van der Waals surface area contributed by atoms with Gasteiger partial charge in [-0.2, -0.15) is 0 Å². The monoisotopic (exact) mass is 356 g/mol. The van der Waals surface area contributed by atoms with Gasteiger partial charge >= 0.3 is 0 Å². The zero-order chi connectivity index (χ0) is 15.9. The van der Waals surface area contributed by atoms with E-state index in [0.717, 1.165) is 11.3 Å². The van der Waals surface area contributed by atoms with Crippen LogP contribution in [-0.4, -0.2) is 12.5 Å². The molecule has 116 valence electrons. The van der Waals surface area contributed by atoms with Gasteiger partial charge in [-0.15, -0.1) is 0 Å². The largest absolute Gasteiger partial charge is 0.383 e. The molecular weight excluding hydrogens is 343 g/mol. The fourth-order valence-electron chi connectivity index (χ4n) is 1.83. The van der Waals surface area contributed by atoms with Gasteiger partial charge in [0.2, 0.25) is 5.91 Å². The molecule has 22 heavy (non-hydrogen) atoms. The topological polar surface area (TPSA) is 41.1 Å². The molecule has 1 amide bonds. The van der Waals surface area contributed by atoms with Crippen LogP contribution < -0.4 is 10.6 Å². The summed E-state index contributed by atoms with van der Waals surface area (Å²) in [6.45, 7) is 0.959. The molecule has 0 aromatic heterocycles. The molecule has 0 heterocycles. The number of halogens is 3. The first-order valence-corrected chi connectivity index (χ1v) is 7.88. The van der Waals surface area contributed by atoms with Crippen molar-refractivity contribution in [3.05, 3.63) is 63.1 Å². The molecule has 0 bridgehead atoms. The average molecular weight is 358 g/mol. The fraction of sp³-hybridized carbons (Fsp3) is 0.188. The van der Waals surface area contributed by atoms with E-state index in [4.69, 9.17) is 34.8 Å². The Hall–Kier alpha value is -1.42. The molecule has 0 aliphatic heterocycles. The molecule has 2 rings (SSSR count). The molecule has 2 aromatic carbocycles. The lowest BCUT2D eigenvalue weighted by Crippen LogP contribution is -2.24. The van der Waals surface area contributed by atoms with Gasteiger partial charge in [-0.3, -0.25) is 4.79 Å². The molecule has 0 saturated carbocycles. The third-order valence-corrected chi connectivity index (χ3v) is 3.82. The van der Waals surface area contributed by atoms with Crippen LogP contribution in [0.25, 0.3) is 0 Å². The highest BCUT2D eigenvalue weighted by Gasteiger charge is 2.04. The Bertz CT molecular complexity index is 644. The van der Waals surface area contributed by atoms with Gasteiger partial charge in [0.1, 0.15) is 0 Å². The summed E-state index contributed by atoms with van der Waals surface area (Å²) in [4.78, 5) is 11.8. The van der Waals surface area contributed by atoms with E-state index in [1.807, 2.05) is 12.1 Å². The Morgan fingerprint density at radius 2 is 1.64 bits per heavy atom. The third-order valence-electron chi connectivity index (χ3n) is 3.00. The summed E-state index contributed by atoms with van der Waals surface area (Å²) in [5.41, 5.74) is 1.73. The minimum absolute atomic E-state index is 0.0411. The summed E-state index contributed by atoms with van der Waals surface area (Å²) < 4.78 is 0. The molecule has 0 saturated heterocycles. The van der Waals surface area contributed by atoms with E-state index in [1.54, 1.807) is 30.3 Å². The predicted octanol–water partition coefficient (Wildman–Crippen LogP) is 4.77. The van der Waals surface area contributed by atoms with Crippen LogP contribution >= 0.6 is 34.8 Å². The SMILES string of the molecule is O=C(CCNc1cc(Cl)ccc1Cl)NCc1ccc(Cl)cc1. The van der Waals surface area contributed by atoms with E-state index in [9.17, 15) is 4.79 Å². The van der Waals surface area contributed by atoms with Crippen LogP contribution in [0.3, 0.4) is 0 Å². The Morgan fingerprint density at radius 1 is 0.955 bits per heavy atom. The van der Waals surface area contributed by atoms with Gasteiger partial charge in [0.05, 0.1) is 10.7 Å². The van der Waals surface area contributed by atoms with Crippen LogP contribution in [0.2, 0.25) is 15.1 Å². The van der Waals surface area contributed by atoms with Crippen LogP contribution in [0.5, 0.6) is 0 Å². The highest BCUT2D eigenvalue weighted by molar-refractivity contribution is 6.35. The molecule has 2 N–H and O–H groups in total. The Morgan fingerprint density at radius 3 is 2.36 bits per heavy atom. The van der Waals surface area contributed by atoms with Crippen molar-refractivity contribution in [2.24, 2.45) is 0 Å². The lowest BCUT2D eigenvalue weighted by atomic mass is 10.2. The van der Waals surface area contributed by atoms with Crippen molar-refractivity contribution < 1.29 is 4.79 Å². The second-order valence-electron chi connectivity index (χ2n) is 4.70. The van der Waals surface area contributed by atoms with Gasteiger partial charge in [-0.1, -0.05) is 46.9 Å². The molecule has 0 atom stereocenters. The molecule has 0 fully saturated rings. The van der Waals surface area contributed by atoms with Crippen molar-refractivity contribution >= 4 is 46.4 Å². The molecule has 0 radical (unpaired) electrons. The molecule has 0 spiro atoms. The maximum Gasteiger partial charge on any atom is 0.222 e. The Kier molecular flexibility index (Phi) is 6.37. The van der Waals surface area contributed by atoms with Crippen molar-refractivity contribution in [3.63, 3.8) is 0 Å².